The molecule has 9 aromatic carbocycles. The summed E-state index contributed by atoms with van der Waals surface area (Å²) in [4.78, 5) is 2.47. The van der Waals surface area contributed by atoms with Crippen molar-refractivity contribution in [1.29, 1.82) is 0 Å². The van der Waals surface area contributed by atoms with Gasteiger partial charge in [-0.25, -0.2) is 0 Å². The molecule has 2 aromatic heterocycles. The molecule has 284 valence electrons. The lowest BCUT2D eigenvalue weighted by atomic mass is 9.82. The summed E-state index contributed by atoms with van der Waals surface area (Å²) in [7, 11) is 0. The normalized spacial score (nSPS) is 13.0. The summed E-state index contributed by atoms with van der Waals surface area (Å²) in [6.07, 6.45) is 0. The van der Waals surface area contributed by atoms with Gasteiger partial charge in [0.25, 0.3) is 0 Å². The lowest BCUT2D eigenvalue weighted by molar-refractivity contribution is 0.660. The van der Waals surface area contributed by atoms with Crippen LogP contribution in [0.1, 0.15) is 25.0 Å². The van der Waals surface area contributed by atoms with E-state index in [4.69, 9.17) is 0 Å². The van der Waals surface area contributed by atoms with Gasteiger partial charge >= 0.3 is 0 Å². The molecule has 0 saturated heterocycles. The van der Waals surface area contributed by atoms with E-state index in [-0.39, 0.29) is 5.41 Å². The lowest BCUT2D eigenvalue weighted by Crippen LogP contribution is -2.14. The van der Waals surface area contributed by atoms with E-state index < -0.39 is 0 Å². The first-order valence-corrected chi connectivity index (χ1v) is 20.9. The Kier molecular flexibility index (Phi) is 7.58. The summed E-state index contributed by atoms with van der Waals surface area (Å²) in [5, 5.41) is 4.90. The number of rotatable bonds is 6. The van der Waals surface area contributed by atoms with Crippen molar-refractivity contribution in [3.05, 3.63) is 223 Å². The Labute approximate surface area is 349 Å². The largest absolute Gasteiger partial charge is 0.310 e. The summed E-state index contributed by atoms with van der Waals surface area (Å²) in [5.41, 5.74) is 18.0. The Morgan fingerprint density at radius 3 is 1.80 bits per heavy atom. The smallest absolute Gasteiger partial charge is 0.0562 e. The van der Waals surface area contributed by atoms with Gasteiger partial charge < -0.3 is 14.0 Å². The Morgan fingerprint density at radius 1 is 0.367 bits per heavy atom. The van der Waals surface area contributed by atoms with E-state index in [9.17, 15) is 0 Å². The van der Waals surface area contributed by atoms with E-state index in [1.54, 1.807) is 0 Å². The Hall–Kier alpha value is -7.62. The molecule has 3 nitrogen and oxygen atoms in total. The molecule has 11 aromatic rings. The van der Waals surface area contributed by atoms with Crippen LogP contribution in [0.2, 0.25) is 0 Å². The molecule has 0 unspecified atom stereocenters. The molecule has 3 heteroatoms. The van der Waals surface area contributed by atoms with Crippen molar-refractivity contribution in [3.63, 3.8) is 0 Å². The van der Waals surface area contributed by atoms with Crippen LogP contribution in [-0.2, 0) is 5.41 Å². The Bertz CT molecular complexity index is 3460. The standard InChI is InChI=1S/C57H41N3/c1-57(2)49-26-12-9-23-44(49)48-36-42(32-34-50(48)57)60-51-27-13-10-24-45(51)46-33-31-43(37-55(46)60)58(41-22-15-19-39(35-41)38-17-5-3-6-18-38)53-29-16-30-54-56(53)47-25-11-14-28-52(47)59(54)40-20-7-4-8-21-40/h3-37H,1-2H3. The van der Waals surface area contributed by atoms with E-state index in [0.717, 1.165) is 28.4 Å². The first-order valence-electron chi connectivity index (χ1n) is 20.9. The zero-order valence-corrected chi connectivity index (χ0v) is 33.5. The SMILES string of the molecule is CC1(C)c2ccccc2-c2cc(-n3c4ccccc4c4ccc(N(c5cccc(-c6ccccc6)c5)c5cccc6c5c5ccccc5n6-c5ccccc5)cc43)ccc21. The second-order valence-electron chi connectivity index (χ2n) is 16.6. The molecule has 0 spiro atoms. The molecule has 2 heterocycles. The molecule has 0 saturated carbocycles. The van der Waals surface area contributed by atoms with Crippen molar-refractivity contribution < 1.29 is 0 Å². The van der Waals surface area contributed by atoms with Crippen LogP contribution in [0.4, 0.5) is 17.1 Å². The maximum absolute atomic E-state index is 2.48. The molecule has 0 atom stereocenters. The average molecular weight is 768 g/mol. The van der Waals surface area contributed by atoms with Gasteiger partial charge in [0.2, 0.25) is 0 Å². The second-order valence-corrected chi connectivity index (χ2v) is 16.6. The quantitative estimate of drug-likeness (QED) is 0.164. The third-order valence-corrected chi connectivity index (χ3v) is 12.9. The fourth-order valence-corrected chi connectivity index (χ4v) is 10.1. The molecule has 0 N–H and O–H groups in total. The zero-order chi connectivity index (χ0) is 40.0. The highest BCUT2D eigenvalue weighted by Gasteiger charge is 2.35. The number of para-hydroxylation sites is 3. The third kappa shape index (κ3) is 5.09. The minimum atomic E-state index is -0.0576. The zero-order valence-electron chi connectivity index (χ0n) is 33.5. The first kappa shape index (κ1) is 34.4. The number of aromatic nitrogens is 2. The average Bonchev–Trinajstić information content (AvgIpc) is 3.90. The molecule has 1 aliphatic rings. The van der Waals surface area contributed by atoms with Gasteiger partial charge in [-0.1, -0.05) is 153 Å². The van der Waals surface area contributed by atoms with Crippen LogP contribution in [0.5, 0.6) is 0 Å². The summed E-state index contributed by atoms with van der Waals surface area (Å²) < 4.78 is 4.88. The van der Waals surface area contributed by atoms with Gasteiger partial charge in [-0.05, 0) is 106 Å². The molecule has 0 radical (unpaired) electrons. The van der Waals surface area contributed by atoms with Gasteiger partial charge in [-0.2, -0.15) is 0 Å². The molecule has 0 fully saturated rings. The van der Waals surface area contributed by atoms with Crippen LogP contribution >= 0.6 is 0 Å². The molecular formula is C57H41N3. The topological polar surface area (TPSA) is 13.1 Å². The van der Waals surface area contributed by atoms with Crippen molar-refractivity contribution in [1.82, 2.24) is 9.13 Å². The van der Waals surface area contributed by atoms with E-state index >= 15 is 0 Å². The molecule has 0 aliphatic heterocycles. The fraction of sp³-hybridized carbons (Fsp3) is 0.0526. The van der Waals surface area contributed by atoms with Gasteiger partial charge in [-0.3, -0.25) is 0 Å². The molecule has 12 rings (SSSR count). The van der Waals surface area contributed by atoms with Crippen molar-refractivity contribution in [2.75, 3.05) is 4.90 Å². The molecule has 0 amide bonds. The highest BCUT2D eigenvalue weighted by molar-refractivity contribution is 6.17. The monoisotopic (exact) mass is 767 g/mol. The highest BCUT2D eigenvalue weighted by Crippen LogP contribution is 2.50. The number of fused-ring (bicyclic) bond motifs is 9. The van der Waals surface area contributed by atoms with Gasteiger partial charge in [0.15, 0.2) is 0 Å². The van der Waals surface area contributed by atoms with E-state index in [2.05, 4.69) is 240 Å². The predicted octanol–water partition coefficient (Wildman–Crippen LogP) is 15.3. The van der Waals surface area contributed by atoms with Crippen LogP contribution in [0.15, 0.2) is 212 Å². The Balaban J connectivity index is 1.14. The maximum atomic E-state index is 2.48. The number of nitrogens with zero attached hydrogens (tertiary/aromatic N) is 3. The van der Waals surface area contributed by atoms with Crippen molar-refractivity contribution in [2.24, 2.45) is 0 Å². The van der Waals surface area contributed by atoms with Crippen molar-refractivity contribution >= 4 is 60.7 Å². The number of benzene rings is 9. The van der Waals surface area contributed by atoms with E-state index in [1.165, 1.54) is 77.0 Å². The predicted molar refractivity (Wildman–Crippen MR) is 253 cm³/mol. The van der Waals surface area contributed by atoms with Gasteiger partial charge in [0.1, 0.15) is 0 Å². The molecular weight excluding hydrogens is 727 g/mol. The first-order chi connectivity index (χ1) is 29.5. The van der Waals surface area contributed by atoms with Gasteiger partial charge in [0, 0.05) is 49.7 Å². The summed E-state index contributed by atoms with van der Waals surface area (Å²) in [6.45, 7) is 4.70. The highest BCUT2D eigenvalue weighted by atomic mass is 15.2. The molecule has 60 heavy (non-hydrogen) atoms. The summed E-state index contributed by atoms with van der Waals surface area (Å²) in [5.74, 6) is 0. The number of hydrogen-bond donors (Lipinski definition) is 0. The van der Waals surface area contributed by atoms with E-state index in [1.807, 2.05) is 0 Å². The van der Waals surface area contributed by atoms with Crippen molar-refractivity contribution in [3.8, 4) is 33.6 Å². The van der Waals surface area contributed by atoms with E-state index in [0.29, 0.717) is 0 Å². The lowest BCUT2D eigenvalue weighted by Gasteiger charge is -2.27. The summed E-state index contributed by atoms with van der Waals surface area (Å²) in [6, 6.07) is 77.9. The second kappa shape index (κ2) is 13.2. The third-order valence-electron chi connectivity index (χ3n) is 12.9. The fourth-order valence-electron chi connectivity index (χ4n) is 10.1. The van der Waals surface area contributed by atoms with Crippen molar-refractivity contribution in [2.45, 2.75) is 19.3 Å². The minimum absolute atomic E-state index is 0.0576. The maximum Gasteiger partial charge on any atom is 0.0562 e. The van der Waals surface area contributed by atoms with Gasteiger partial charge in [-0.15, -0.1) is 0 Å². The van der Waals surface area contributed by atoms with Crippen LogP contribution < -0.4 is 4.90 Å². The Morgan fingerprint density at radius 2 is 0.967 bits per heavy atom. The van der Waals surface area contributed by atoms with Crippen LogP contribution in [0, 0.1) is 0 Å². The molecule has 0 bridgehead atoms. The number of hydrogen-bond acceptors (Lipinski definition) is 1. The van der Waals surface area contributed by atoms with Crippen LogP contribution in [0.25, 0.3) is 77.2 Å². The minimum Gasteiger partial charge on any atom is -0.310 e. The van der Waals surface area contributed by atoms with Crippen LogP contribution in [-0.4, -0.2) is 9.13 Å². The summed E-state index contributed by atoms with van der Waals surface area (Å²) >= 11 is 0. The molecule has 1 aliphatic carbocycles. The number of anilines is 3. The van der Waals surface area contributed by atoms with Gasteiger partial charge in [0.05, 0.1) is 27.8 Å². The van der Waals surface area contributed by atoms with Crippen LogP contribution in [0.3, 0.4) is 0 Å².